The molecule has 1 saturated heterocycles. The molecule has 1 fully saturated rings. The SMILES string of the molecule is Cc1ccc(-c2cc(CN3CCC[C@@H](N)C3)on2)cc1. The van der Waals surface area contributed by atoms with E-state index in [0.29, 0.717) is 6.04 Å². The van der Waals surface area contributed by atoms with E-state index in [1.165, 1.54) is 12.0 Å². The van der Waals surface area contributed by atoms with Crippen LogP contribution in [0.4, 0.5) is 0 Å². The molecular formula is C16H21N3O. The Morgan fingerprint density at radius 3 is 2.90 bits per heavy atom. The molecule has 20 heavy (non-hydrogen) atoms. The third kappa shape index (κ3) is 3.08. The van der Waals surface area contributed by atoms with E-state index in [4.69, 9.17) is 10.3 Å². The molecule has 2 N–H and O–H groups in total. The van der Waals surface area contributed by atoms with Gasteiger partial charge in [-0.15, -0.1) is 0 Å². The van der Waals surface area contributed by atoms with Crippen LogP contribution < -0.4 is 5.73 Å². The Morgan fingerprint density at radius 1 is 1.35 bits per heavy atom. The molecule has 0 saturated carbocycles. The lowest BCUT2D eigenvalue weighted by molar-refractivity contribution is 0.181. The van der Waals surface area contributed by atoms with Gasteiger partial charge in [0.25, 0.3) is 0 Å². The van der Waals surface area contributed by atoms with Crippen LogP contribution >= 0.6 is 0 Å². The number of aromatic nitrogens is 1. The van der Waals surface area contributed by atoms with Crippen LogP contribution in [0.15, 0.2) is 34.9 Å². The van der Waals surface area contributed by atoms with Gasteiger partial charge in [-0.3, -0.25) is 4.90 Å². The summed E-state index contributed by atoms with van der Waals surface area (Å²) in [6, 6.07) is 10.7. The zero-order valence-corrected chi connectivity index (χ0v) is 11.9. The zero-order chi connectivity index (χ0) is 13.9. The summed E-state index contributed by atoms with van der Waals surface area (Å²) in [4.78, 5) is 2.34. The highest BCUT2D eigenvalue weighted by Crippen LogP contribution is 2.21. The van der Waals surface area contributed by atoms with Gasteiger partial charge in [-0.1, -0.05) is 35.0 Å². The van der Waals surface area contributed by atoms with E-state index in [1.54, 1.807) is 0 Å². The molecule has 106 valence electrons. The quantitative estimate of drug-likeness (QED) is 0.932. The first-order valence-corrected chi connectivity index (χ1v) is 7.21. The molecule has 1 atom stereocenters. The highest BCUT2D eigenvalue weighted by molar-refractivity contribution is 5.59. The summed E-state index contributed by atoms with van der Waals surface area (Å²) in [5.41, 5.74) is 9.25. The van der Waals surface area contributed by atoms with Gasteiger partial charge < -0.3 is 10.3 Å². The Labute approximate surface area is 119 Å². The van der Waals surface area contributed by atoms with Gasteiger partial charge >= 0.3 is 0 Å². The second kappa shape index (κ2) is 5.77. The Bertz CT molecular complexity index is 561. The lowest BCUT2D eigenvalue weighted by atomic mass is 10.1. The third-order valence-corrected chi connectivity index (χ3v) is 3.83. The molecule has 1 aromatic heterocycles. The maximum absolute atomic E-state index is 6.00. The van der Waals surface area contributed by atoms with Gasteiger partial charge in [0.1, 0.15) is 5.69 Å². The molecule has 4 nitrogen and oxygen atoms in total. The molecule has 0 bridgehead atoms. The number of rotatable bonds is 3. The van der Waals surface area contributed by atoms with E-state index >= 15 is 0 Å². The van der Waals surface area contributed by atoms with Gasteiger partial charge in [0.2, 0.25) is 0 Å². The lowest BCUT2D eigenvalue weighted by Crippen LogP contribution is -2.42. The summed E-state index contributed by atoms with van der Waals surface area (Å²) in [5.74, 6) is 0.912. The Kier molecular flexibility index (Phi) is 3.85. The fourth-order valence-corrected chi connectivity index (χ4v) is 2.70. The van der Waals surface area contributed by atoms with Crippen molar-refractivity contribution >= 4 is 0 Å². The number of benzene rings is 1. The topological polar surface area (TPSA) is 55.3 Å². The molecule has 0 amide bonds. The first-order chi connectivity index (χ1) is 9.70. The van der Waals surface area contributed by atoms with E-state index in [2.05, 4.69) is 41.2 Å². The van der Waals surface area contributed by atoms with Gasteiger partial charge in [0.05, 0.1) is 6.54 Å². The highest BCUT2D eigenvalue weighted by atomic mass is 16.5. The van der Waals surface area contributed by atoms with Crippen molar-refractivity contribution in [3.8, 4) is 11.3 Å². The van der Waals surface area contributed by atoms with Crippen LogP contribution in [0.3, 0.4) is 0 Å². The number of aryl methyl sites for hydroxylation is 1. The first kappa shape index (κ1) is 13.3. The number of nitrogens with two attached hydrogens (primary N) is 1. The third-order valence-electron chi connectivity index (χ3n) is 3.83. The molecule has 3 rings (SSSR count). The maximum atomic E-state index is 6.00. The van der Waals surface area contributed by atoms with Crippen LogP contribution in [0, 0.1) is 6.92 Å². The molecule has 0 spiro atoms. The summed E-state index contributed by atoms with van der Waals surface area (Å²) in [6.45, 7) is 4.92. The Morgan fingerprint density at radius 2 is 2.15 bits per heavy atom. The number of nitrogens with zero attached hydrogens (tertiary/aromatic N) is 2. The summed E-state index contributed by atoms with van der Waals surface area (Å²) >= 11 is 0. The second-order valence-electron chi connectivity index (χ2n) is 5.68. The van der Waals surface area contributed by atoms with Crippen LogP contribution in [0.25, 0.3) is 11.3 Å². The minimum absolute atomic E-state index is 0.295. The summed E-state index contributed by atoms with van der Waals surface area (Å²) in [5, 5.41) is 4.17. The van der Waals surface area contributed by atoms with Crippen LogP contribution in [0.1, 0.15) is 24.2 Å². The van der Waals surface area contributed by atoms with Crippen LogP contribution in [-0.4, -0.2) is 29.2 Å². The minimum Gasteiger partial charge on any atom is -0.359 e. The Balaban J connectivity index is 1.69. The van der Waals surface area contributed by atoms with Crippen molar-refractivity contribution in [1.29, 1.82) is 0 Å². The van der Waals surface area contributed by atoms with Gasteiger partial charge in [0, 0.05) is 24.2 Å². The van der Waals surface area contributed by atoms with Gasteiger partial charge in [-0.2, -0.15) is 0 Å². The van der Waals surface area contributed by atoms with Crippen molar-refractivity contribution in [3.05, 3.63) is 41.7 Å². The van der Waals surface area contributed by atoms with E-state index in [1.807, 2.05) is 6.07 Å². The molecule has 4 heteroatoms. The van der Waals surface area contributed by atoms with Crippen LogP contribution in [0.5, 0.6) is 0 Å². The van der Waals surface area contributed by atoms with Crippen molar-refractivity contribution in [2.75, 3.05) is 13.1 Å². The summed E-state index contributed by atoms with van der Waals surface area (Å²) in [6.07, 6.45) is 2.29. The highest BCUT2D eigenvalue weighted by Gasteiger charge is 2.18. The van der Waals surface area contributed by atoms with Crippen LogP contribution in [0.2, 0.25) is 0 Å². The predicted molar refractivity (Wildman–Crippen MR) is 79.2 cm³/mol. The normalized spacial score (nSPS) is 20.2. The van der Waals surface area contributed by atoms with Crippen LogP contribution in [-0.2, 0) is 6.54 Å². The first-order valence-electron chi connectivity index (χ1n) is 7.21. The molecule has 0 aliphatic carbocycles. The Hall–Kier alpha value is -1.65. The van der Waals surface area contributed by atoms with Crippen molar-refractivity contribution < 1.29 is 4.52 Å². The average Bonchev–Trinajstić information content (AvgIpc) is 2.88. The molecule has 0 unspecified atom stereocenters. The zero-order valence-electron chi connectivity index (χ0n) is 11.9. The number of hydrogen-bond donors (Lipinski definition) is 1. The largest absolute Gasteiger partial charge is 0.359 e. The van der Waals surface area contributed by atoms with E-state index < -0.39 is 0 Å². The number of piperidine rings is 1. The molecule has 0 radical (unpaired) electrons. The maximum Gasteiger partial charge on any atom is 0.151 e. The number of hydrogen-bond acceptors (Lipinski definition) is 4. The molecule has 1 aliphatic heterocycles. The minimum atomic E-state index is 0.295. The molecule has 1 aliphatic rings. The summed E-state index contributed by atoms with van der Waals surface area (Å²) < 4.78 is 5.45. The molecular weight excluding hydrogens is 250 g/mol. The van der Waals surface area contributed by atoms with Crippen molar-refractivity contribution in [3.63, 3.8) is 0 Å². The molecule has 2 aromatic rings. The number of likely N-dealkylation sites (tertiary alicyclic amines) is 1. The average molecular weight is 271 g/mol. The fourth-order valence-electron chi connectivity index (χ4n) is 2.70. The summed E-state index contributed by atoms with van der Waals surface area (Å²) in [7, 11) is 0. The smallest absolute Gasteiger partial charge is 0.151 e. The van der Waals surface area contributed by atoms with Gasteiger partial charge in [-0.05, 0) is 26.3 Å². The van der Waals surface area contributed by atoms with Crippen molar-refractivity contribution in [2.24, 2.45) is 5.73 Å². The molecule has 2 heterocycles. The van der Waals surface area contributed by atoms with E-state index in [9.17, 15) is 0 Å². The van der Waals surface area contributed by atoms with Crippen molar-refractivity contribution in [1.82, 2.24) is 10.1 Å². The predicted octanol–water partition coefficient (Wildman–Crippen LogP) is 2.57. The van der Waals surface area contributed by atoms with E-state index in [-0.39, 0.29) is 0 Å². The van der Waals surface area contributed by atoms with Crippen molar-refractivity contribution in [2.45, 2.75) is 32.4 Å². The van der Waals surface area contributed by atoms with Gasteiger partial charge in [0.15, 0.2) is 5.76 Å². The second-order valence-corrected chi connectivity index (χ2v) is 5.68. The fraction of sp³-hybridized carbons (Fsp3) is 0.438. The monoisotopic (exact) mass is 271 g/mol. The van der Waals surface area contributed by atoms with Gasteiger partial charge in [-0.25, -0.2) is 0 Å². The van der Waals surface area contributed by atoms with E-state index in [0.717, 1.165) is 43.1 Å². The molecule has 1 aromatic carbocycles. The lowest BCUT2D eigenvalue weighted by Gasteiger charge is -2.29. The standard InChI is InChI=1S/C16H21N3O/c1-12-4-6-13(7-5-12)16-9-15(20-18-16)11-19-8-2-3-14(17)10-19/h4-7,9,14H,2-3,8,10-11,17H2,1H3/t14-/m1/s1.